The third kappa shape index (κ3) is 3.35. The normalized spacial score (nSPS) is 18.1. The highest BCUT2D eigenvalue weighted by molar-refractivity contribution is 7.15. The van der Waals surface area contributed by atoms with Crippen LogP contribution >= 0.6 is 11.3 Å². The Morgan fingerprint density at radius 2 is 1.70 bits per heavy atom. The number of ketones is 1. The maximum Gasteiger partial charge on any atom is 0.301 e. The number of aliphatic hydroxyl groups excluding tert-OH is 1. The molecule has 1 fully saturated rings. The van der Waals surface area contributed by atoms with Crippen LogP contribution in [-0.4, -0.2) is 34.1 Å². The predicted molar refractivity (Wildman–Crippen MR) is 114 cm³/mol. The zero-order chi connectivity index (χ0) is 21.4. The van der Waals surface area contributed by atoms with Crippen molar-refractivity contribution in [2.45, 2.75) is 19.9 Å². The maximum atomic E-state index is 13.0. The van der Waals surface area contributed by atoms with Gasteiger partial charge in [0.05, 0.1) is 18.7 Å². The van der Waals surface area contributed by atoms with Gasteiger partial charge >= 0.3 is 5.91 Å². The molecule has 2 aromatic carbocycles. The largest absolute Gasteiger partial charge is 0.507 e. The van der Waals surface area contributed by atoms with Crippen LogP contribution in [-0.2, 0) is 9.59 Å². The molecule has 1 aliphatic heterocycles. The fraction of sp³-hybridized carbons (Fsp3) is 0.182. The molecule has 0 radical (unpaired) electrons. The van der Waals surface area contributed by atoms with E-state index in [1.165, 1.54) is 16.2 Å². The standard InChI is InChI=1S/C22H19N3O4S/c1-12-4-6-15(7-5-12)19(26)17-18(14-8-10-16(29-3)11-9-14)25(21(28)20(17)27)22-24-23-13(2)30-22/h4-11,18,26H,1-3H3/t18-/m1/s1. The average Bonchev–Trinajstić information content (AvgIpc) is 3.29. The number of Topliss-reactive ketones (excluding diaryl/α,β-unsaturated/α-hetero) is 1. The molecule has 0 spiro atoms. The second-order valence-electron chi connectivity index (χ2n) is 6.91. The molecule has 1 N–H and O–H groups in total. The van der Waals surface area contributed by atoms with Crippen LogP contribution in [0.2, 0.25) is 0 Å². The van der Waals surface area contributed by atoms with Gasteiger partial charge < -0.3 is 9.84 Å². The van der Waals surface area contributed by atoms with Crippen LogP contribution in [0.25, 0.3) is 5.76 Å². The van der Waals surface area contributed by atoms with Gasteiger partial charge in [-0.1, -0.05) is 53.3 Å². The molecule has 8 heteroatoms. The summed E-state index contributed by atoms with van der Waals surface area (Å²) in [6, 6.07) is 13.3. The van der Waals surface area contributed by atoms with E-state index < -0.39 is 17.7 Å². The van der Waals surface area contributed by atoms with Gasteiger partial charge in [0.25, 0.3) is 5.78 Å². The second-order valence-corrected chi connectivity index (χ2v) is 8.07. The lowest BCUT2D eigenvalue weighted by molar-refractivity contribution is -0.132. The summed E-state index contributed by atoms with van der Waals surface area (Å²) in [6.07, 6.45) is 0. The molecule has 3 aromatic rings. The molecule has 0 saturated carbocycles. The SMILES string of the molecule is COc1ccc([C@@H]2C(=C(O)c3ccc(C)cc3)C(=O)C(=O)N2c2nnc(C)s2)cc1. The van der Waals surface area contributed by atoms with Crippen LogP contribution in [0.1, 0.15) is 27.7 Å². The van der Waals surface area contributed by atoms with Crippen molar-refractivity contribution in [3.63, 3.8) is 0 Å². The molecule has 0 aliphatic carbocycles. The van der Waals surface area contributed by atoms with Gasteiger partial charge in [-0.15, -0.1) is 10.2 Å². The molecule has 30 heavy (non-hydrogen) atoms. The van der Waals surface area contributed by atoms with Crippen molar-refractivity contribution in [2.24, 2.45) is 0 Å². The van der Waals surface area contributed by atoms with Crippen LogP contribution in [0.5, 0.6) is 5.75 Å². The molecule has 1 saturated heterocycles. The maximum absolute atomic E-state index is 13.0. The quantitative estimate of drug-likeness (QED) is 0.391. The zero-order valence-electron chi connectivity index (χ0n) is 16.6. The summed E-state index contributed by atoms with van der Waals surface area (Å²) in [5, 5.41) is 20.0. The Labute approximate surface area is 177 Å². The Hall–Kier alpha value is -3.52. The Kier molecular flexibility index (Phi) is 5.09. The van der Waals surface area contributed by atoms with E-state index in [4.69, 9.17) is 4.74 Å². The number of ether oxygens (including phenoxy) is 1. The van der Waals surface area contributed by atoms with E-state index in [0.717, 1.165) is 5.56 Å². The highest BCUT2D eigenvalue weighted by Crippen LogP contribution is 2.43. The first-order chi connectivity index (χ1) is 14.4. The Morgan fingerprint density at radius 3 is 2.27 bits per heavy atom. The molecular formula is C22H19N3O4S. The first-order valence-corrected chi connectivity index (χ1v) is 10.0. The summed E-state index contributed by atoms with van der Waals surface area (Å²) in [6.45, 7) is 3.70. The number of amides is 1. The summed E-state index contributed by atoms with van der Waals surface area (Å²) in [5.74, 6) is -1.10. The third-order valence-corrected chi connectivity index (χ3v) is 5.76. The van der Waals surface area contributed by atoms with Gasteiger partial charge in [0.1, 0.15) is 16.5 Å². The van der Waals surface area contributed by atoms with Gasteiger partial charge in [-0.25, -0.2) is 0 Å². The molecular weight excluding hydrogens is 402 g/mol. The molecule has 1 aromatic heterocycles. The highest BCUT2D eigenvalue weighted by atomic mass is 32.1. The topological polar surface area (TPSA) is 92.6 Å². The number of aryl methyl sites for hydroxylation is 2. The van der Waals surface area contributed by atoms with Crippen LogP contribution in [0.4, 0.5) is 5.13 Å². The highest BCUT2D eigenvalue weighted by Gasteiger charge is 2.48. The van der Waals surface area contributed by atoms with Gasteiger partial charge in [-0.2, -0.15) is 0 Å². The van der Waals surface area contributed by atoms with Crippen molar-refractivity contribution in [1.29, 1.82) is 0 Å². The molecule has 2 heterocycles. The summed E-state index contributed by atoms with van der Waals surface area (Å²) in [5.41, 5.74) is 2.15. The molecule has 1 amide bonds. The number of anilines is 1. The van der Waals surface area contributed by atoms with E-state index in [1.807, 2.05) is 19.1 Å². The summed E-state index contributed by atoms with van der Waals surface area (Å²) in [4.78, 5) is 27.3. The van der Waals surface area contributed by atoms with Crippen molar-refractivity contribution >= 4 is 33.9 Å². The van der Waals surface area contributed by atoms with Gasteiger partial charge in [-0.3, -0.25) is 14.5 Å². The summed E-state index contributed by atoms with van der Waals surface area (Å²) < 4.78 is 5.21. The number of aliphatic hydroxyl groups is 1. The van der Waals surface area contributed by atoms with Gasteiger partial charge in [0.2, 0.25) is 5.13 Å². The number of carbonyl (C=O) groups is 2. The van der Waals surface area contributed by atoms with E-state index >= 15 is 0 Å². The molecule has 4 rings (SSSR count). The minimum atomic E-state index is -0.829. The number of hydrogen-bond acceptors (Lipinski definition) is 7. The number of nitrogens with zero attached hydrogens (tertiary/aromatic N) is 3. The Balaban J connectivity index is 1.92. The second kappa shape index (κ2) is 7.72. The molecule has 1 aliphatic rings. The number of methoxy groups -OCH3 is 1. The van der Waals surface area contributed by atoms with E-state index in [1.54, 1.807) is 50.4 Å². The molecule has 1 atom stereocenters. The van der Waals surface area contributed by atoms with Crippen LogP contribution < -0.4 is 9.64 Å². The Morgan fingerprint density at radius 1 is 1.03 bits per heavy atom. The van der Waals surface area contributed by atoms with E-state index in [9.17, 15) is 14.7 Å². The Bertz CT molecular complexity index is 1150. The van der Waals surface area contributed by atoms with Crippen LogP contribution in [0.3, 0.4) is 0 Å². The van der Waals surface area contributed by atoms with Crippen molar-refractivity contribution < 1.29 is 19.4 Å². The zero-order valence-corrected chi connectivity index (χ0v) is 17.4. The minimum Gasteiger partial charge on any atom is -0.507 e. The van der Waals surface area contributed by atoms with E-state index in [2.05, 4.69) is 10.2 Å². The molecule has 152 valence electrons. The summed E-state index contributed by atoms with van der Waals surface area (Å²) >= 11 is 1.21. The number of aromatic nitrogens is 2. The van der Waals surface area contributed by atoms with E-state index in [-0.39, 0.29) is 11.3 Å². The fourth-order valence-corrected chi connectivity index (χ4v) is 4.10. The predicted octanol–water partition coefficient (Wildman–Crippen LogP) is 3.79. The molecule has 0 unspecified atom stereocenters. The lowest BCUT2D eigenvalue weighted by Gasteiger charge is -2.22. The van der Waals surface area contributed by atoms with Gasteiger partial charge in [0, 0.05) is 5.56 Å². The van der Waals surface area contributed by atoms with Crippen molar-refractivity contribution in [2.75, 3.05) is 12.0 Å². The number of carbonyl (C=O) groups excluding carboxylic acids is 2. The van der Waals surface area contributed by atoms with Crippen LogP contribution in [0.15, 0.2) is 54.1 Å². The first-order valence-electron chi connectivity index (χ1n) is 9.23. The third-order valence-electron chi connectivity index (χ3n) is 4.92. The minimum absolute atomic E-state index is 0.0156. The number of hydrogen-bond donors (Lipinski definition) is 1. The molecule has 7 nitrogen and oxygen atoms in total. The lowest BCUT2D eigenvalue weighted by atomic mass is 9.95. The monoisotopic (exact) mass is 421 g/mol. The number of rotatable bonds is 4. The van der Waals surface area contributed by atoms with Crippen molar-refractivity contribution in [1.82, 2.24) is 10.2 Å². The first kappa shape index (κ1) is 19.8. The van der Waals surface area contributed by atoms with Crippen molar-refractivity contribution in [3.05, 3.63) is 75.8 Å². The van der Waals surface area contributed by atoms with Crippen LogP contribution in [0, 0.1) is 13.8 Å². The van der Waals surface area contributed by atoms with E-state index in [0.29, 0.717) is 27.0 Å². The number of benzene rings is 2. The lowest BCUT2D eigenvalue weighted by Crippen LogP contribution is -2.29. The van der Waals surface area contributed by atoms with Gasteiger partial charge in [-0.05, 0) is 31.5 Å². The smallest absolute Gasteiger partial charge is 0.301 e. The van der Waals surface area contributed by atoms with Gasteiger partial charge in [0.15, 0.2) is 0 Å². The molecule has 0 bridgehead atoms. The fourth-order valence-electron chi connectivity index (χ4n) is 3.38. The van der Waals surface area contributed by atoms with Crippen molar-refractivity contribution in [3.8, 4) is 5.75 Å². The average molecular weight is 421 g/mol. The summed E-state index contributed by atoms with van der Waals surface area (Å²) in [7, 11) is 1.56.